The molecule has 5 aliphatic rings. The van der Waals surface area contributed by atoms with Crippen LogP contribution in [0.1, 0.15) is 45.6 Å². The highest BCUT2D eigenvalue weighted by Gasteiger charge is 2.78. The van der Waals surface area contributed by atoms with Crippen molar-refractivity contribution >= 4 is 23.4 Å². The lowest BCUT2D eigenvalue weighted by Crippen LogP contribution is -2.67. The summed E-state index contributed by atoms with van der Waals surface area (Å²) >= 11 is 5.86. The number of esters is 1. The summed E-state index contributed by atoms with van der Waals surface area (Å²) in [5, 5.41) is 13.7. The van der Waals surface area contributed by atoms with Crippen LogP contribution >= 0.6 is 11.6 Å². The second-order valence-electron chi connectivity index (χ2n) is 12.1. The Morgan fingerprint density at radius 2 is 2.08 bits per heavy atom. The van der Waals surface area contributed by atoms with Crippen molar-refractivity contribution < 1.29 is 33.1 Å². The normalized spacial score (nSPS) is 46.6. The molecule has 7 nitrogen and oxygen atoms in total. The molecule has 3 saturated carbocycles. The molecule has 0 aromatic carbocycles. The molecule has 9 atom stereocenters. The van der Waals surface area contributed by atoms with Crippen molar-refractivity contribution in [2.24, 2.45) is 34.0 Å². The molecule has 2 heterocycles. The number of aliphatic hydroxyl groups is 1. The van der Waals surface area contributed by atoms with Gasteiger partial charge in [0, 0.05) is 34.3 Å². The number of allylic oxidation sites excluding steroid dienone is 4. The molecule has 200 valence electrons. The number of carbonyl (C=O) groups is 2. The fourth-order valence-electron chi connectivity index (χ4n) is 8.90. The van der Waals surface area contributed by atoms with E-state index in [1.165, 1.54) is 12.2 Å². The topological polar surface area (TPSA) is 89.2 Å². The van der Waals surface area contributed by atoms with Crippen molar-refractivity contribution in [1.82, 2.24) is 5.06 Å². The van der Waals surface area contributed by atoms with E-state index in [1.807, 2.05) is 26.8 Å². The number of nitrogens with zero attached hydrogens (tertiary/aromatic N) is 1. The number of rotatable bonds is 4. The molecule has 0 amide bonds. The molecule has 1 aliphatic heterocycles. The highest BCUT2D eigenvalue weighted by Crippen LogP contribution is 2.74. The zero-order chi connectivity index (χ0) is 26.4. The molecule has 37 heavy (non-hydrogen) atoms. The van der Waals surface area contributed by atoms with E-state index >= 15 is 4.39 Å². The molecule has 9 heteroatoms. The standard InChI is InChI=1S/C28H33ClFNO6/c1-25-6-4-18(32)9-21(25)22(30)10-20-19-8-17-13-31(12-16-5-7-35-14-16)37-28(17,24(34)36-15-29)26(19,2)11-23(33)27(20,25)3/h4-7,9,14,17,19-20,22-23,33H,8,10-13,15H2,1-3H3. The van der Waals surface area contributed by atoms with Gasteiger partial charge in [0.2, 0.25) is 0 Å². The number of carbonyl (C=O) groups excluding carboxylic acids is 2. The summed E-state index contributed by atoms with van der Waals surface area (Å²) in [6, 6.07) is 1.54. The van der Waals surface area contributed by atoms with Gasteiger partial charge in [0.05, 0.1) is 25.2 Å². The first-order valence-corrected chi connectivity index (χ1v) is 13.5. The Morgan fingerprint density at radius 3 is 2.78 bits per heavy atom. The van der Waals surface area contributed by atoms with E-state index in [0.29, 0.717) is 25.1 Å². The van der Waals surface area contributed by atoms with Crippen LogP contribution in [0.3, 0.4) is 0 Å². The van der Waals surface area contributed by atoms with Gasteiger partial charge in [-0.25, -0.2) is 9.18 Å². The van der Waals surface area contributed by atoms with Crippen LogP contribution in [0.5, 0.6) is 0 Å². The lowest BCUT2D eigenvalue weighted by atomic mass is 9.39. The minimum Gasteiger partial charge on any atom is -0.472 e. The fourth-order valence-corrected chi connectivity index (χ4v) is 9.00. The number of hydrogen-bond donors (Lipinski definition) is 1. The number of hydrogen-bond acceptors (Lipinski definition) is 7. The van der Waals surface area contributed by atoms with Crippen LogP contribution in [0.15, 0.2) is 46.8 Å². The maximum absolute atomic E-state index is 15.8. The van der Waals surface area contributed by atoms with Crippen molar-refractivity contribution in [3.8, 4) is 0 Å². The predicted molar refractivity (Wildman–Crippen MR) is 132 cm³/mol. The van der Waals surface area contributed by atoms with Crippen molar-refractivity contribution in [1.29, 1.82) is 0 Å². The van der Waals surface area contributed by atoms with E-state index < -0.39 is 40.1 Å². The Kier molecular flexibility index (Phi) is 5.64. The zero-order valence-corrected chi connectivity index (χ0v) is 22.0. The van der Waals surface area contributed by atoms with Gasteiger partial charge in [-0.05, 0) is 54.9 Å². The molecule has 1 aromatic heterocycles. The molecule has 4 fully saturated rings. The van der Waals surface area contributed by atoms with E-state index in [2.05, 4.69) is 0 Å². The molecule has 1 saturated heterocycles. The van der Waals surface area contributed by atoms with Crippen LogP contribution in [0.4, 0.5) is 4.39 Å². The van der Waals surface area contributed by atoms with Crippen molar-refractivity contribution in [2.45, 2.75) is 64.5 Å². The Balaban J connectivity index is 1.42. The number of hydroxylamine groups is 2. The lowest BCUT2D eigenvalue weighted by Gasteiger charge is -2.65. The van der Waals surface area contributed by atoms with E-state index in [9.17, 15) is 14.7 Å². The molecule has 9 unspecified atom stereocenters. The third-order valence-electron chi connectivity index (χ3n) is 10.9. The first-order valence-electron chi connectivity index (χ1n) is 13.0. The van der Waals surface area contributed by atoms with Crippen molar-refractivity contribution in [3.05, 3.63) is 48.0 Å². The predicted octanol–water partition coefficient (Wildman–Crippen LogP) is 4.35. The molecule has 6 rings (SSSR count). The minimum absolute atomic E-state index is 0.104. The molecule has 1 N–H and O–H groups in total. The van der Waals surface area contributed by atoms with Gasteiger partial charge in [0.1, 0.15) is 6.17 Å². The van der Waals surface area contributed by atoms with Gasteiger partial charge in [-0.1, -0.05) is 38.4 Å². The lowest BCUT2D eigenvalue weighted by molar-refractivity contribution is -0.274. The second-order valence-corrected chi connectivity index (χ2v) is 12.3. The average molecular weight is 534 g/mol. The highest BCUT2D eigenvalue weighted by atomic mass is 35.5. The van der Waals surface area contributed by atoms with Crippen molar-refractivity contribution in [3.63, 3.8) is 0 Å². The summed E-state index contributed by atoms with van der Waals surface area (Å²) in [6.07, 6.45) is 6.82. The summed E-state index contributed by atoms with van der Waals surface area (Å²) in [5.41, 5.74) is -2.36. The molecular formula is C28H33ClFNO6. The number of aliphatic hydroxyl groups excluding tert-OH is 1. The monoisotopic (exact) mass is 533 g/mol. The third-order valence-corrected chi connectivity index (χ3v) is 11.0. The highest BCUT2D eigenvalue weighted by molar-refractivity contribution is 6.17. The molecule has 0 spiro atoms. The third kappa shape index (κ3) is 3.10. The maximum atomic E-state index is 15.8. The molecular weight excluding hydrogens is 501 g/mol. The van der Waals surface area contributed by atoms with Crippen LogP contribution in [0.25, 0.3) is 0 Å². The Labute approximate surface area is 220 Å². The fraction of sp³-hybridized carbons (Fsp3) is 0.643. The number of halogens is 2. The van der Waals surface area contributed by atoms with Gasteiger partial charge in [0.15, 0.2) is 17.5 Å². The largest absolute Gasteiger partial charge is 0.472 e. The smallest absolute Gasteiger partial charge is 0.342 e. The van der Waals surface area contributed by atoms with E-state index in [0.717, 1.165) is 5.56 Å². The molecule has 4 aliphatic carbocycles. The number of alkyl halides is 2. The first kappa shape index (κ1) is 25.3. The van der Waals surface area contributed by atoms with Gasteiger partial charge < -0.3 is 14.3 Å². The Morgan fingerprint density at radius 1 is 1.30 bits per heavy atom. The Bertz CT molecular complexity index is 1190. The van der Waals surface area contributed by atoms with E-state index in [-0.39, 0.29) is 42.4 Å². The number of fused-ring (bicyclic) bond motifs is 7. The molecule has 0 bridgehead atoms. The Hall–Kier alpha value is -2.00. The first-order chi connectivity index (χ1) is 17.5. The number of furan rings is 1. The SMILES string of the molecule is CC12C=CC(=O)C=C1C(F)CC1C3CC4CN(Cc5ccoc5)OC4(C(=O)OCCl)C3(C)CC(O)C12C. The van der Waals surface area contributed by atoms with Crippen LogP contribution in [0, 0.1) is 34.0 Å². The van der Waals surface area contributed by atoms with Gasteiger partial charge >= 0.3 is 5.97 Å². The van der Waals surface area contributed by atoms with Gasteiger partial charge in [-0.15, -0.1) is 0 Å². The quantitative estimate of drug-likeness (QED) is 0.454. The minimum atomic E-state index is -1.35. The summed E-state index contributed by atoms with van der Waals surface area (Å²) in [6.45, 7) is 6.86. The molecule has 0 radical (unpaired) electrons. The van der Waals surface area contributed by atoms with Crippen LogP contribution in [-0.4, -0.2) is 52.4 Å². The second kappa shape index (κ2) is 8.25. The van der Waals surface area contributed by atoms with Gasteiger partial charge in [0.25, 0.3) is 0 Å². The summed E-state index contributed by atoms with van der Waals surface area (Å²) in [4.78, 5) is 32.4. The zero-order valence-electron chi connectivity index (χ0n) is 21.3. The van der Waals surface area contributed by atoms with Gasteiger partial charge in [-0.2, -0.15) is 5.06 Å². The van der Waals surface area contributed by atoms with Gasteiger partial charge in [-0.3, -0.25) is 9.63 Å². The van der Waals surface area contributed by atoms with Crippen LogP contribution < -0.4 is 0 Å². The summed E-state index contributed by atoms with van der Waals surface area (Å²) in [5.74, 6) is -1.32. The maximum Gasteiger partial charge on any atom is 0.342 e. The van der Waals surface area contributed by atoms with Crippen molar-refractivity contribution in [2.75, 3.05) is 12.6 Å². The van der Waals surface area contributed by atoms with E-state index in [4.69, 9.17) is 25.6 Å². The summed E-state index contributed by atoms with van der Waals surface area (Å²) < 4.78 is 26.4. The van der Waals surface area contributed by atoms with E-state index in [1.54, 1.807) is 23.7 Å². The number of ketones is 1. The molecule has 1 aromatic rings. The van der Waals surface area contributed by atoms with Crippen LogP contribution in [0.2, 0.25) is 0 Å². The average Bonchev–Trinajstić information content (AvgIpc) is 3.54. The van der Waals surface area contributed by atoms with Crippen LogP contribution in [-0.2, 0) is 25.7 Å². The number of ether oxygens (including phenoxy) is 1. The summed E-state index contributed by atoms with van der Waals surface area (Å²) in [7, 11) is 0.